The molecular weight excluding hydrogens is 404 g/mol. The Labute approximate surface area is 177 Å². The van der Waals surface area contributed by atoms with Gasteiger partial charge in [-0.1, -0.05) is 11.8 Å². The molecule has 1 unspecified atom stereocenters. The molecular formula is C20H20N6O5. The molecule has 31 heavy (non-hydrogen) atoms. The van der Waals surface area contributed by atoms with Crippen molar-refractivity contribution in [3.8, 4) is 17.7 Å². The van der Waals surface area contributed by atoms with Gasteiger partial charge in [-0.15, -0.1) is 0 Å². The van der Waals surface area contributed by atoms with E-state index in [0.29, 0.717) is 35.6 Å². The van der Waals surface area contributed by atoms with Crippen LogP contribution in [0.4, 0.5) is 4.79 Å². The molecule has 2 aromatic rings. The molecule has 11 heteroatoms. The molecule has 2 aliphatic rings. The molecule has 4 N–H and O–H groups in total. The number of likely N-dealkylation sites (tertiary alicyclic amines) is 1. The number of hydrogen-bond donors (Lipinski definition) is 3. The Hall–Kier alpha value is -3.91. The number of rotatable bonds is 2. The van der Waals surface area contributed by atoms with Gasteiger partial charge in [-0.25, -0.2) is 14.5 Å². The summed E-state index contributed by atoms with van der Waals surface area (Å²) >= 11 is 0. The second kappa shape index (κ2) is 7.41. The molecule has 11 nitrogen and oxygen atoms in total. The van der Waals surface area contributed by atoms with E-state index in [-0.39, 0.29) is 25.2 Å². The van der Waals surface area contributed by atoms with E-state index in [2.05, 4.69) is 21.9 Å². The van der Waals surface area contributed by atoms with Crippen molar-refractivity contribution in [1.29, 1.82) is 0 Å². The average Bonchev–Trinajstić information content (AvgIpc) is 3.26. The van der Waals surface area contributed by atoms with Gasteiger partial charge in [0.2, 0.25) is 5.60 Å². The minimum absolute atomic E-state index is 0.00506. The summed E-state index contributed by atoms with van der Waals surface area (Å²) in [5, 5.41) is 24.0. The monoisotopic (exact) mass is 424 g/mol. The number of aromatic nitrogens is 3. The van der Waals surface area contributed by atoms with E-state index in [0.717, 1.165) is 0 Å². The van der Waals surface area contributed by atoms with Gasteiger partial charge in [0, 0.05) is 50.3 Å². The van der Waals surface area contributed by atoms with Gasteiger partial charge in [0.25, 0.3) is 11.8 Å². The summed E-state index contributed by atoms with van der Waals surface area (Å²) in [6.45, 7) is 0.674. The first kappa shape index (κ1) is 20.4. The van der Waals surface area contributed by atoms with Gasteiger partial charge in [0.15, 0.2) is 11.5 Å². The lowest BCUT2D eigenvalue weighted by Gasteiger charge is -2.24. The van der Waals surface area contributed by atoms with Crippen molar-refractivity contribution in [3.05, 3.63) is 40.8 Å². The lowest BCUT2D eigenvalue weighted by atomic mass is 10.0. The Balaban J connectivity index is 1.71. The summed E-state index contributed by atoms with van der Waals surface area (Å²) in [4.78, 5) is 42.2. The smallest absolute Gasteiger partial charge is 0.407 e. The molecule has 0 spiro atoms. The van der Waals surface area contributed by atoms with E-state index in [9.17, 15) is 24.6 Å². The largest absolute Gasteiger partial charge is 0.465 e. The summed E-state index contributed by atoms with van der Waals surface area (Å²) in [6, 6.07) is 3.24. The maximum Gasteiger partial charge on any atom is 0.407 e. The third kappa shape index (κ3) is 3.57. The van der Waals surface area contributed by atoms with E-state index in [1.54, 1.807) is 19.2 Å². The van der Waals surface area contributed by atoms with Gasteiger partial charge >= 0.3 is 6.09 Å². The minimum atomic E-state index is -1.72. The van der Waals surface area contributed by atoms with Crippen LogP contribution >= 0.6 is 0 Å². The number of primary amides is 1. The number of nitrogens with zero attached hydrogens (tertiary/aromatic N) is 5. The molecule has 1 atom stereocenters. The maximum atomic E-state index is 12.1. The fourth-order valence-corrected chi connectivity index (χ4v) is 3.73. The number of aliphatic hydroxyl groups is 1. The van der Waals surface area contributed by atoms with Crippen LogP contribution in [0.15, 0.2) is 18.3 Å². The normalized spacial score (nSPS) is 20.3. The number of likely N-dealkylation sites (N-methyl/N-ethyl adjacent to an activating group) is 1. The Kier molecular flexibility index (Phi) is 4.87. The molecule has 3 amide bonds. The van der Waals surface area contributed by atoms with E-state index < -0.39 is 23.5 Å². The summed E-state index contributed by atoms with van der Waals surface area (Å²) in [7, 11) is 1.61. The molecule has 4 heterocycles. The van der Waals surface area contributed by atoms with Crippen molar-refractivity contribution in [2.75, 3.05) is 20.1 Å². The lowest BCUT2D eigenvalue weighted by Crippen LogP contribution is -2.37. The molecule has 0 radical (unpaired) electrons. The second-order valence-electron chi connectivity index (χ2n) is 7.49. The van der Waals surface area contributed by atoms with Crippen molar-refractivity contribution >= 4 is 17.9 Å². The molecule has 0 aliphatic carbocycles. The fraction of sp³-hybridized carbons (Fsp3) is 0.350. The van der Waals surface area contributed by atoms with E-state index in [4.69, 9.17) is 5.73 Å². The minimum Gasteiger partial charge on any atom is -0.465 e. The predicted molar refractivity (Wildman–Crippen MR) is 106 cm³/mol. The summed E-state index contributed by atoms with van der Waals surface area (Å²) in [5.74, 6) is 4.62. The maximum absolute atomic E-state index is 12.1. The Morgan fingerprint density at radius 3 is 2.74 bits per heavy atom. The average molecular weight is 424 g/mol. The second-order valence-corrected chi connectivity index (χ2v) is 7.49. The molecule has 2 aromatic heterocycles. The van der Waals surface area contributed by atoms with Gasteiger partial charge in [0.05, 0.1) is 12.2 Å². The summed E-state index contributed by atoms with van der Waals surface area (Å²) < 4.78 is 1.46. The van der Waals surface area contributed by atoms with E-state index >= 15 is 0 Å². The van der Waals surface area contributed by atoms with E-state index in [1.165, 1.54) is 20.7 Å². The first-order chi connectivity index (χ1) is 14.7. The first-order valence-corrected chi connectivity index (χ1v) is 9.55. The molecule has 1 saturated heterocycles. The van der Waals surface area contributed by atoms with Gasteiger partial charge in [-0.05, 0) is 12.1 Å². The zero-order chi connectivity index (χ0) is 22.3. The highest BCUT2D eigenvalue weighted by molar-refractivity contribution is 5.93. The van der Waals surface area contributed by atoms with Crippen LogP contribution in [0.5, 0.6) is 0 Å². The highest BCUT2D eigenvalue weighted by atomic mass is 16.4. The van der Waals surface area contributed by atoms with Crippen LogP contribution in [0.1, 0.15) is 33.7 Å². The molecule has 1 fully saturated rings. The number of pyridine rings is 1. The predicted octanol–water partition coefficient (Wildman–Crippen LogP) is -0.653. The lowest BCUT2D eigenvalue weighted by molar-refractivity contribution is -0.137. The van der Waals surface area contributed by atoms with Crippen molar-refractivity contribution in [2.24, 2.45) is 5.73 Å². The number of carbonyl (C=O) groups excluding carboxylic acids is 2. The quantitative estimate of drug-likeness (QED) is 0.541. The van der Waals surface area contributed by atoms with Crippen LogP contribution in [-0.2, 0) is 17.8 Å². The topological polar surface area (TPSA) is 155 Å². The Morgan fingerprint density at radius 1 is 1.32 bits per heavy atom. The molecule has 2 aliphatic heterocycles. The SMILES string of the molecule is CN1CCC(O)(C#Cc2ccnc(-n3nc(C(N)=O)c4c3CCN(C(=O)O)C4)c2)C1=O. The number of nitrogens with two attached hydrogens (primary N) is 1. The van der Waals surface area contributed by atoms with Crippen LogP contribution in [0.3, 0.4) is 0 Å². The third-order valence-corrected chi connectivity index (χ3v) is 5.45. The van der Waals surface area contributed by atoms with Crippen molar-refractivity contribution in [2.45, 2.75) is 25.0 Å². The van der Waals surface area contributed by atoms with Crippen LogP contribution in [0.25, 0.3) is 5.82 Å². The van der Waals surface area contributed by atoms with Crippen molar-refractivity contribution in [1.82, 2.24) is 24.6 Å². The Morgan fingerprint density at radius 2 is 2.10 bits per heavy atom. The van der Waals surface area contributed by atoms with Gasteiger partial charge in [-0.3, -0.25) is 9.59 Å². The first-order valence-electron chi connectivity index (χ1n) is 9.55. The Bertz CT molecular complexity index is 1160. The molecule has 4 rings (SSSR count). The third-order valence-electron chi connectivity index (χ3n) is 5.45. The number of carbonyl (C=O) groups is 3. The molecule has 0 saturated carbocycles. The molecule has 0 bridgehead atoms. The standard InChI is InChI=1S/C20H20N6O5/c1-24-9-6-20(31,18(24)28)5-2-12-3-7-22-15(10-12)26-14-4-8-25(19(29)30)11-13(14)16(23-26)17(21)27/h3,7,10,31H,4,6,8-9,11H2,1H3,(H2,21,27)(H,29,30). The summed E-state index contributed by atoms with van der Waals surface area (Å²) in [6.07, 6.45) is 0.965. The summed E-state index contributed by atoms with van der Waals surface area (Å²) in [5.41, 5.74) is 5.32. The highest BCUT2D eigenvalue weighted by Gasteiger charge is 2.42. The van der Waals surface area contributed by atoms with Gasteiger partial charge < -0.3 is 25.7 Å². The zero-order valence-corrected chi connectivity index (χ0v) is 16.7. The number of fused-ring (bicyclic) bond motifs is 1. The van der Waals surface area contributed by atoms with Crippen LogP contribution in [0.2, 0.25) is 0 Å². The van der Waals surface area contributed by atoms with Crippen molar-refractivity contribution < 1.29 is 24.6 Å². The van der Waals surface area contributed by atoms with Crippen LogP contribution in [-0.4, -0.2) is 78.4 Å². The fourth-order valence-electron chi connectivity index (χ4n) is 3.73. The number of hydrogen-bond acceptors (Lipinski definition) is 6. The zero-order valence-electron chi connectivity index (χ0n) is 16.7. The van der Waals surface area contributed by atoms with E-state index in [1.807, 2.05) is 0 Å². The number of carboxylic acid groups (broad SMARTS) is 1. The van der Waals surface area contributed by atoms with Gasteiger partial charge in [0.1, 0.15) is 0 Å². The van der Waals surface area contributed by atoms with Crippen molar-refractivity contribution in [3.63, 3.8) is 0 Å². The molecule has 0 aromatic carbocycles. The van der Waals surface area contributed by atoms with Gasteiger partial charge in [-0.2, -0.15) is 5.10 Å². The van der Waals surface area contributed by atoms with Crippen LogP contribution in [0, 0.1) is 11.8 Å². The number of amides is 3. The highest BCUT2D eigenvalue weighted by Crippen LogP contribution is 2.25. The molecule has 160 valence electrons. The van der Waals surface area contributed by atoms with Crippen LogP contribution < -0.4 is 5.73 Å².